The van der Waals surface area contributed by atoms with E-state index < -0.39 is 17.9 Å². The molecule has 0 aromatic rings. The van der Waals surface area contributed by atoms with Crippen molar-refractivity contribution in [2.24, 2.45) is 0 Å². The monoisotopic (exact) mass is 1070 g/mol. The molecule has 10 heteroatoms. The van der Waals surface area contributed by atoms with Gasteiger partial charge in [-0.2, -0.15) is 35.3 Å². The Bertz CT molecular complexity index is 693. The number of thioether (sulfide) groups is 3. The quantitative estimate of drug-likeness (QED) is 0.0434. The molecule has 0 spiro atoms. The van der Waals surface area contributed by atoms with Gasteiger partial charge in [0.05, 0.1) is 0 Å². The molecule has 0 aliphatic heterocycles. The first-order valence-corrected chi connectivity index (χ1v) is 27.6. The van der Waals surface area contributed by atoms with Crippen LogP contribution >= 0.6 is 35.3 Å². The second-order valence-corrected chi connectivity index (χ2v) is 19.5. The normalized spacial score (nSPS) is 10.6. The number of rotatable bonds is 45. The Morgan fingerprint density at radius 1 is 0.276 bits per heavy atom. The Hall–Kier alpha value is 0.343. The van der Waals surface area contributed by atoms with Crippen molar-refractivity contribution in [2.75, 3.05) is 34.5 Å². The summed E-state index contributed by atoms with van der Waals surface area (Å²) in [5.74, 6) is 5.30. The third-order valence-electron chi connectivity index (χ3n) is 9.94. The van der Waals surface area contributed by atoms with Gasteiger partial charge in [-0.15, -0.1) is 0 Å². The average molecular weight is 1070 g/mol. The Kier molecular flexibility index (Phi) is 69.0. The second-order valence-electron chi connectivity index (χ2n) is 15.8. The number of unbranched alkanes of at least 4 members (excludes halogenated alkanes) is 27. The smallest absolute Gasteiger partial charge is 0.550 e. The molecule has 0 aliphatic carbocycles. The van der Waals surface area contributed by atoms with Gasteiger partial charge in [-0.3, -0.25) is 0 Å². The van der Waals surface area contributed by atoms with Crippen molar-refractivity contribution in [1.29, 1.82) is 0 Å². The average Bonchev–Trinajstić information content (AvgIpc) is 3.18. The number of hydrogen-bond donors (Lipinski definition) is 0. The van der Waals surface area contributed by atoms with Crippen molar-refractivity contribution in [3.63, 3.8) is 0 Å². The summed E-state index contributed by atoms with van der Waals surface area (Å²) in [6, 6.07) is 0. The van der Waals surface area contributed by atoms with E-state index in [0.717, 1.165) is 38.5 Å². The van der Waals surface area contributed by atoms with Crippen LogP contribution in [0.1, 0.15) is 252 Å². The first kappa shape index (κ1) is 65.0. The van der Waals surface area contributed by atoms with E-state index in [1.807, 2.05) is 0 Å². The van der Waals surface area contributed by atoms with Crippen molar-refractivity contribution in [3.8, 4) is 0 Å². The molecule has 0 bridgehead atoms. The fourth-order valence-corrected chi connectivity index (χ4v) is 9.49. The molecular formula is C48H93BiO6S3. The SMILES string of the molecule is CCCCSCCCCCCCCCCCC(=O)[O-].CCCCSCCCCCCCCCCCC(=O)[O-].CCCCSCCCCCCCCCCCC(=O)[O-].[Bi+3]. The van der Waals surface area contributed by atoms with Gasteiger partial charge >= 0.3 is 26.2 Å². The van der Waals surface area contributed by atoms with Gasteiger partial charge in [0.1, 0.15) is 0 Å². The van der Waals surface area contributed by atoms with E-state index in [0.29, 0.717) is 0 Å². The van der Waals surface area contributed by atoms with Gasteiger partial charge in [0.2, 0.25) is 0 Å². The molecule has 0 N–H and O–H groups in total. The van der Waals surface area contributed by atoms with Gasteiger partial charge in [-0.1, -0.05) is 175 Å². The van der Waals surface area contributed by atoms with Crippen LogP contribution in [0.15, 0.2) is 0 Å². The summed E-state index contributed by atoms with van der Waals surface area (Å²) in [6.07, 6.45) is 41.9. The molecule has 0 rings (SSSR count). The maximum Gasteiger partial charge on any atom is 3.00 e. The predicted octanol–water partition coefficient (Wildman–Crippen LogP) is 12.1. The third kappa shape index (κ3) is 73.8. The number of hydrogen-bond acceptors (Lipinski definition) is 9. The van der Waals surface area contributed by atoms with Crippen molar-refractivity contribution in [2.45, 2.75) is 252 Å². The minimum absolute atomic E-state index is 0. The van der Waals surface area contributed by atoms with Gasteiger partial charge in [0, 0.05) is 17.9 Å². The van der Waals surface area contributed by atoms with Crippen LogP contribution in [0.2, 0.25) is 0 Å². The fraction of sp³-hybridized carbons (Fsp3) is 0.938. The van der Waals surface area contributed by atoms with Crippen molar-refractivity contribution >= 4 is 79.4 Å². The molecule has 0 fully saturated rings. The number of carbonyl (C=O) groups is 3. The van der Waals surface area contributed by atoms with Crippen LogP contribution in [0.3, 0.4) is 0 Å². The molecule has 2 radical (unpaired) electrons. The van der Waals surface area contributed by atoms with Crippen LogP contribution in [-0.2, 0) is 14.4 Å². The zero-order chi connectivity index (χ0) is 42.6. The minimum Gasteiger partial charge on any atom is -0.550 e. The van der Waals surface area contributed by atoms with Crippen molar-refractivity contribution < 1.29 is 29.7 Å². The van der Waals surface area contributed by atoms with E-state index in [4.69, 9.17) is 0 Å². The molecule has 6 nitrogen and oxygen atoms in total. The summed E-state index contributed by atoms with van der Waals surface area (Å²) in [4.78, 5) is 30.6. The summed E-state index contributed by atoms with van der Waals surface area (Å²) < 4.78 is 0. The summed E-state index contributed by atoms with van der Waals surface area (Å²) in [7, 11) is 0. The summed E-state index contributed by atoms with van der Waals surface area (Å²) in [6.45, 7) is 6.75. The van der Waals surface area contributed by atoms with E-state index >= 15 is 0 Å². The van der Waals surface area contributed by atoms with E-state index in [-0.39, 0.29) is 45.5 Å². The molecule has 58 heavy (non-hydrogen) atoms. The summed E-state index contributed by atoms with van der Waals surface area (Å²) >= 11 is 6.31. The standard InChI is InChI=1S/3C16H32O2S.Bi/c3*1-2-3-14-19-15-12-10-8-6-4-5-7-9-11-13-16(17)18;/h3*2-15H2,1H3,(H,17,18);/q;;;+3/p-3. The van der Waals surface area contributed by atoms with Crippen LogP contribution < -0.4 is 15.3 Å². The van der Waals surface area contributed by atoms with E-state index in [2.05, 4.69) is 56.1 Å². The number of aliphatic carboxylic acids is 3. The molecule has 0 saturated carbocycles. The molecule has 0 atom stereocenters. The van der Waals surface area contributed by atoms with Gasteiger partial charge in [-0.05, 0) is 112 Å². The Balaban J connectivity index is -0.000000374. The molecule has 0 unspecified atom stereocenters. The third-order valence-corrected chi connectivity index (χ3v) is 13.4. The predicted molar refractivity (Wildman–Crippen MR) is 256 cm³/mol. The van der Waals surface area contributed by atoms with Gasteiger partial charge < -0.3 is 29.7 Å². The van der Waals surface area contributed by atoms with Gasteiger partial charge in [-0.25, -0.2) is 0 Å². The van der Waals surface area contributed by atoms with Crippen molar-refractivity contribution in [1.82, 2.24) is 0 Å². The summed E-state index contributed by atoms with van der Waals surface area (Å²) in [5.41, 5.74) is 0. The van der Waals surface area contributed by atoms with Crippen LogP contribution in [0.4, 0.5) is 0 Å². The Morgan fingerprint density at radius 2 is 0.431 bits per heavy atom. The minimum atomic E-state index is -0.906. The van der Waals surface area contributed by atoms with E-state index in [1.54, 1.807) is 0 Å². The second kappa shape index (κ2) is 61.6. The maximum atomic E-state index is 10.2. The maximum absolute atomic E-state index is 10.2. The first-order chi connectivity index (χ1) is 27.8. The number of carboxylic acids is 3. The fourth-order valence-electron chi connectivity index (χ4n) is 6.18. The Labute approximate surface area is 392 Å². The molecule has 0 aromatic heterocycles. The molecule has 0 heterocycles. The van der Waals surface area contributed by atoms with Crippen LogP contribution in [0.25, 0.3) is 0 Å². The van der Waals surface area contributed by atoms with E-state index in [1.165, 1.54) is 208 Å². The largest absolute Gasteiger partial charge is 3.00 e. The zero-order valence-corrected chi connectivity index (χ0v) is 44.2. The van der Waals surface area contributed by atoms with Crippen LogP contribution in [0, 0.1) is 0 Å². The molecule has 0 saturated heterocycles. The van der Waals surface area contributed by atoms with Crippen molar-refractivity contribution in [3.05, 3.63) is 0 Å². The zero-order valence-electron chi connectivity index (χ0n) is 38.3. The van der Waals surface area contributed by atoms with Gasteiger partial charge in [0.15, 0.2) is 0 Å². The summed E-state index contributed by atoms with van der Waals surface area (Å²) in [5, 5.41) is 30.6. The first-order valence-electron chi connectivity index (χ1n) is 24.1. The van der Waals surface area contributed by atoms with Crippen LogP contribution in [0.5, 0.6) is 0 Å². The molecule has 344 valence electrons. The number of carboxylic acid groups (broad SMARTS) is 3. The molecule has 0 amide bonds. The van der Waals surface area contributed by atoms with Crippen LogP contribution in [-0.4, -0.2) is 78.6 Å². The van der Waals surface area contributed by atoms with E-state index in [9.17, 15) is 29.7 Å². The molecular weight excluding hydrogens is 978 g/mol. The number of carbonyl (C=O) groups excluding carboxylic acids is 3. The van der Waals surface area contributed by atoms with Gasteiger partial charge in [0.25, 0.3) is 0 Å². The topological polar surface area (TPSA) is 120 Å². The molecule has 0 aromatic carbocycles. The Morgan fingerprint density at radius 3 is 0.603 bits per heavy atom. The molecule has 0 aliphatic rings.